The second kappa shape index (κ2) is 3.25. The van der Waals surface area contributed by atoms with Crippen LogP contribution in [-0.2, 0) is 0 Å². The highest BCUT2D eigenvalue weighted by atomic mass is 16.2. The van der Waals surface area contributed by atoms with Gasteiger partial charge in [-0.1, -0.05) is 0 Å². The van der Waals surface area contributed by atoms with Gasteiger partial charge >= 0.3 is 0 Å². The molecule has 1 heterocycles. The number of hydrogen-bond donors (Lipinski definition) is 3. The summed E-state index contributed by atoms with van der Waals surface area (Å²) in [5.41, 5.74) is 5.71. The molecule has 1 rings (SSSR count). The lowest BCUT2D eigenvalue weighted by Gasteiger charge is -2.05. The van der Waals surface area contributed by atoms with Crippen molar-refractivity contribution in [2.45, 2.75) is 19.9 Å². The van der Waals surface area contributed by atoms with Gasteiger partial charge in [-0.3, -0.25) is 9.89 Å². The minimum absolute atomic E-state index is 0.113. The fourth-order valence-corrected chi connectivity index (χ4v) is 0.793. The van der Waals surface area contributed by atoms with Crippen LogP contribution in [-0.4, -0.2) is 22.1 Å². The predicted molar refractivity (Wildman–Crippen MR) is 45.6 cm³/mol. The van der Waals surface area contributed by atoms with Crippen molar-refractivity contribution in [3.05, 3.63) is 11.8 Å². The molecule has 5 nitrogen and oxygen atoms in total. The number of aromatic amines is 1. The Hall–Kier alpha value is -1.52. The highest BCUT2D eigenvalue weighted by Crippen LogP contribution is 1.99. The van der Waals surface area contributed by atoms with Crippen molar-refractivity contribution in [3.63, 3.8) is 0 Å². The lowest BCUT2D eigenvalue weighted by atomic mass is 10.3. The Morgan fingerprint density at radius 3 is 2.83 bits per heavy atom. The number of amides is 1. The predicted octanol–water partition coefficient (Wildman–Crippen LogP) is 0.130. The number of nitrogens with zero attached hydrogens (tertiary/aromatic N) is 1. The standard InChI is InChI=1S/C7H12N4O/c1-4(2)9-7(12)5-3-6(8)11-10-5/h3-4H,1-2H3,(H,9,12)(H3,8,10,11). The number of nitrogens with two attached hydrogens (primary N) is 1. The average molecular weight is 168 g/mol. The van der Waals surface area contributed by atoms with Gasteiger partial charge in [-0.25, -0.2) is 0 Å². The molecule has 0 bridgehead atoms. The minimum Gasteiger partial charge on any atom is -0.382 e. The van der Waals surface area contributed by atoms with E-state index in [1.54, 1.807) is 0 Å². The third-order valence-electron chi connectivity index (χ3n) is 1.26. The molecule has 0 fully saturated rings. The first-order valence-corrected chi connectivity index (χ1v) is 3.71. The fraction of sp³-hybridized carbons (Fsp3) is 0.429. The minimum atomic E-state index is -0.186. The van der Waals surface area contributed by atoms with Crippen LogP contribution >= 0.6 is 0 Å². The largest absolute Gasteiger partial charge is 0.382 e. The summed E-state index contributed by atoms with van der Waals surface area (Å²) in [7, 11) is 0. The molecule has 0 atom stereocenters. The van der Waals surface area contributed by atoms with Gasteiger partial charge in [0.2, 0.25) is 0 Å². The van der Waals surface area contributed by atoms with Gasteiger partial charge in [0.1, 0.15) is 11.5 Å². The van der Waals surface area contributed by atoms with Crippen molar-refractivity contribution in [1.29, 1.82) is 0 Å². The maximum Gasteiger partial charge on any atom is 0.269 e. The number of rotatable bonds is 2. The molecule has 0 radical (unpaired) electrons. The van der Waals surface area contributed by atoms with Gasteiger partial charge in [-0.05, 0) is 13.8 Å². The molecule has 0 spiro atoms. The molecule has 1 aromatic rings. The third-order valence-corrected chi connectivity index (χ3v) is 1.26. The Labute approximate surface area is 70.3 Å². The second-order valence-corrected chi connectivity index (χ2v) is 2.83. The number of nitrogens with one attached hydrogen (secondary N) is 2. The van der Waals surface area contributed by atoms with Gasteiger partial charge in [0.05, 0.1) is 0 Å². The van der Waals surface area contributed by atoms with Crippen molar-refractivity contribution >= 4 is 11.7 Å². The summed E-state index contributed by atoms with van der Waals surface area (Å²) in [6.07, 6.45) is 0. The Bertz CT molecular complexity index is 279. The lowest BCUT2D eigenvalue weighted by molar-refractivity contribution is 0.0938. The first-order chi connectivity index (χ1) is 5.59. The van der Waals surface area contributed by atoms with Crippen LogP contribution in [0, 0.1) is 0 Å². The molecule has 0 unspecified atom stereocenters. The Balaban J connectivity index is 2.65. The average Bonchev–Trinajstić information content (AvgIpc) is 2.34. The summed E-state index contributed by atoms with van der Waals surface area (Å²) in [5.74, 6) is 0.137. The van der Waals surface area contributed by atoms with E-state index >= 15 is 0 Å². The molecule has 0 aliphatic heterocycles. The van der Waals surface area contributed by atoms with Gasteiger partial charge in [-0.2, -0.15) is 5.10 Å². The summed E-state index contributed by atoms with van der Waals surface area (Å²) < 4.78 is 0. The topological polar surface area (TPSA) is 83.8 Å². The number of carbonyl (C=O) groups is 1. The molecule has 1 amide bonds. The van der Waals surface area contributed by atoms with Crippen LogP contribution < -0.4 is 11.1 Å². The molecule has 0 aliphatic rings. The first-order valence-electron chi connectivity index (χ1n) is 3.71. The van der Waals surface area contributed by atoms with Gasteiger partial charge < -0.3 is 11.1 Å². The molecule has 1 aromatic heterocycles. The van der Waals surface area contributed by atoms with E-state index in [1.807, 2.05) is 13.8 Å². The number of H-pyrrole nitrogens is 1. The zero-order valence-electron chi connectivity index (χ0n) is 7.09. The third kappa shape index (κ3) is 1.98. The zero-order chi connectivity index (χ0) is 9.14. The molecule has 0 saturated carbocycles. The van der Waals surface area contributed by atoms with Gasteiger partial charge in [0.15, 0.2) is 0 Å². The van der Waals surface area contributed by atoms with Crippen molar-refractivity contribution in [1.82, 2.24) is 15.5 Å². The molecule has 0 saturated heterocycles. The Morgan fingerprint density at radius 2 is 2.42 bits per heavy atom. The fourth-order valence-electron chi connectivity index (χ4n) is 0.793. The number of anilines is 1. The van der Waals surface area contributed by atoms with E-state index in [2.05, 4.69) is 15.5 Å². The molecular weight excluding hydrogens is 156 g/mol. The summed E-state index contributed by atoms with van der Waals surface area (Å²) in [4.78, 5) is 11.2. The van der Waals surface area contributed by atoms with E-state index in [0.29, 0.717) is 11.5 Å². The molecule has 5 heteroatoms. The maximum atomic E-state index is 11.2. The Morgan fingerprint density at radius 1 is 1.75 bits per heavy atom. The van der Waals surface area contributed by atoms with Crippen molar-refractivity contribution in [3.8, 4) is 0 Å². The van der Waals surface area contributed by atoms with Gasteiger partial charge in [0.25, 0.3) is 5.91 Å². The maximum absolute atomic E-state index is 11.2. The lowest BCUT2D eigenvalue weighted by Crippen LogP contribution is -2.30. The molecule has 4 N–H and O–H groups in total. The summed E-state index contributed by atoms with van der Waals surface area (Å²) in [6.45, 7) is 3.77. The molecule has 12 heavy (non-hydrogen) atoms. The monoisotopic (exact) mass is 168 g/mol. The van der Waals surface area contributed by atoms with Crippen LogP contribution in [0.3, 0.4) is 0 Å². The van der Waals surface area contributed by atoms with Crippen LogP contribution in [0.4, 0.5) is 5.82 Å². The number of carbonyl (C=O) groups excluding carboxylic acids is 1. The van der Waals surface area contributed by atoms with Crippen molar-refractivity contribution in [2.75, 3.05) is 5.73 Å². The van der Waals surface area contributed by atoms with Gasteiger partial charge in [0, 0.05) is 12.1 Å². The zero-order valence-corrected chi connectivity index (χ0v) is 7.09. The van der Waals surface area contributed by atoms with E-state index in [-0.39, 0.29) is 11.9 Å². The molecule has 66 valence electrons. The second-order valence-electron chi connectivity index (χ2n) is 2.83. The van der Waals surface area contributed by atoms with E-state index in [1.165, 1.54) is 6.07 Å². The number of hydrogen-bond acceptors (Lipinski definition) is 3. The van der Waals surface area contributed by atoms with Gasteiger partial charge in [-0.15, -0.1) is 0 Å². The van der Waals surface area contributed by atoms with E-state index in [9.17, 15) is 4.79 Å². The van der Waals surface area contributed by atoms with Crippen molar-refractivity contribution in [2.24, 2.45) is 0 Å². The summed E-state index contributed by atoms with van der Waals surface area (Å²) in [5, 5.41) is 8.87. The molecule has 0 aliphatic carbocycles. The smallest absolute Gasteiger partial charge is 0.269 e. The highest BCUT2D eigenvalue weighted by molar-refractivity contribution is 5.93. The molecular formula is C7H12N4O. The number of nitrogen functional groups attached to an aromatic ring is 1. The SMILES string of the molecule is CC(C)NC(=O)c1cc(N)n[nH]1. The van der Waals surface area contributed by atoms with Crippen LogP contribution in [0.5, 0.6) is 0 Å². The Kier molecular flexibility index (Phi) is 2.32. The van der Waals surface area contributed by atoms with E-state index in [0.717, 1.165) is 0 Å². The normalized spacial score (nSPS) is 10.2. The molecule has 0 aromatic carbocycles. The van der Waals surface area contributed by atoms with Crippen LogP contribution in [0.2, 0.25) is 0 Å². The quantitative estimate of drug-likeness (QED) is 0.587. The summed E-state index contributed by atoms with van der Waals surface area (Å²) >= 11 is 0. The first kappa shape index (κ1) is 8.58. The summed E-state index contributed by atoms with van der Waals surface area (Å²) in [6, 6.07) is 1.61. The van der Waals surface area contributed by atoms with Crippen LogP contribution in [0.15, 0.2) is 6.07 Å². The highest BCUT2D eigenvalue weighted by Gasteiger charge is 2.08. The van der Waals surface area contributed by atoms with Crippen LogP contribution in [0.25, 0.3) is 0 Å². The van der Waals surface area contributed by atoms with Crippen LogP contribution in [0.1, 0.15) is 24.3 Å². The van der Waals surface area contributed by atoms with Crippen molar-refractivity contribution < 1.29 is 4.79 Å². The van der Waals surface area contributed by atoms with E-state index in [4.69, 9.17) is 5.73 Å². The number of aromatic nitrogens is 2. The van der Waals surface area contributed by atoms with E-state index < -0.39 is 0 Å².